The third-order valence-electron chi connectivity index (χ3n) is 2.52. The van der Waals surface area contributed by atoms with Crippen molar-refractivity contribution in [1.82, 2.24) is 4.90 Å². The van der Waals surface area contributed by atoms with Crippen LogP contribution >= 0.6 is 0 Å². The van der Waals surface area contributed by atoms with E-state index >= 15 is 0 Å². The quantitative estimate of drug-likeness (QED) is 0.472. The summed E-state index contributed by atoms with van der Waals surface area (Å²) < 4.78 is 12.3. The molecule has 0 aromatic rings. The molecule has 0 bridgehead atoms. The van der Waals surface area contributed by atoms with Crippen LogP contribution in [0.25, 0.3) is 0 Å². The van der Waals surface area contributed by atoms with Crippen LogP contribution in [0.2, 0.25) is 0 Å². The Morgan fingerprint density at radius 1 is 1.44 bits per heavy atom. The third-order valence-corrected chi connectivity index (χ3v) is 2.52. The minimum atomic E-state index is -0.473. The van der Waals surface area contributed by atoms with Crippen LogP contribution in [0.4, 0.5) is 4.39 Å². The van der Waals surface area contributed by atoms with Gasteiger partial charge in [-0.15, -0.1) is 0 Å². The molecule has 1 aliphatic heterocycles. The van der Waals surface area contributed by atoms with E-state index in [1.54, 1.807) is 0 Å². The zero-order chi connectivity index (χ0) is 6.48. The van der Waals surface area contributed by atoms with Crippen LogP contribution < -0.4 is 0 Å². The highest BCUT2D eigenvalue weighted by molar-refractivity contribution is 5.03. The predicted octanol–water partition coefficient (Wildman–Crippen LogP) is 1.05. The van der Waals surface area contributed by atoms with Gasteiger partial charge in [0.2, 0.25) is 0 Å². The zero-order valence-electron chi connectivity index (χ0n) is 5.73. The van der Waals surface area contributed by atoms with Crippen LogP contribution in [-0.4, -0.2) is 31.2 Å². The molecule has 2 rings (SSSR count). The van der Waals surface area contributed by atoms with Crippen LogP contribution in [-0.2, 0) is 0 Å². The monoisotopic (exact) mass is 129 g/mol. The fraction of sp³-hybridized carbons (Fsp3) is 1.00. The molecule has 1 saturated carbocycles. The van der Waals surface area contributed by atoms with Crippen molar-refractivity contribution in [3.63, 3.8) is 0 Å². The number of nitrogens with zero attached hydrogens (tertiary/aromatic N) is 1. The number of likely N-dealkylation sites (tertiary alicyclic amines) is 1. The average molecular weight is 129 g/mol. The zero-order valence-corrected chi connectivity index (χ0v) is 5.73. The fourth-order valence-corrected chi connectivity index (χ4v) is 2.24. The van der Waals surface area contributed by atoms with Crippen molar-refractivity contribution in [3.8, 4) is 0 Å². The van der Waals surface area contributed by atoms with Gasteiger partial charge in [-0.3, -0.25) is 0 Å². The van der Waals surface area contributed by atoms with Crippen molar-refractivity contribution >= 4 is 0 Å². The van der Waals surface area contributed by atoms with Gasteiger partial charge in [0.25, 0.3) is 0 Å². The van der Waals surface area contributed by atoms with E-state index in [2.05, 4.69) is 11.9 Å². The van der Waals surface area contributed by atoms with Gasteiger partial charge in [-0.1, -0.05) is 0 Å². The summed E-state index contributed by atoms with van der Waals surface area (Å²) in [5, 5.41) is 0. The molecule has 9 heavy (non-hydrogen) atoms. The molecule has 1 heterocycles. The van der Waals surface area contributed by atoms with E-state index in [1.165, 1.54) is 0 Å². The maximum Gasteiger partial charge on any atom is 0.101 e. The Morgan fingerprint density at radius 2 is 2.00 bits per heavy atom. The Balaban J connectivity index is 1.87. The summed E-state index contributed by atoms with van der Waals surface area (Å²) in [6.45, 7) is 2.26. The molecule has 2 fully saturated rings. The first-order chi connectivity index (χ1) is 4.20. The Hall–Kier alpha value is -0.110. The highest BCUT2D eigenvalue weighted by Gasteiger charge is 2.51. The molecule has 1 nitrogen and oxygen atoms in total. The first-order valence-electron chi connectivity index (χ1n) is 3.53. The van der Waals surface area contributed by atoms with Crippen molar-refractivity contribution in [3.05, 3.63) is 0 Å². The molecule has 2 heteroatoms. The molecule has 52 valence electrons. The molecular weight excluding hydrogens is 117 g/mol. The number of alkyl halides is 1. The van der Waals surface area contributed by atoms with Crippen molar-refractivity contribution in [1.29, 1.82) is 0 Å². The van der Waals surface area contributed by atoms with Gasteiger partial charge in [0.05, 0.1) is 0 Å². The first kappa shape index (κ1) is 5.66. The van der Waals surface area contributed by atoms with Crippen LogP contribution in [0.15, 0.2) is 0 Å². The van der Waals surface area contributed by atoms with Gasteiger partial charge < -0.3 is 4.90 Å². The van der Waals surface area contributed by atoms with E-state index < -0.39 is 6.17 Å². The van der Waals surface area contributed by atoms with Gasteiger partial charge in [-0.05, 0) is 19.9 Å². The SMILES string of the molecule is CN1CC2(CC(F)C2)C1. The second-order valence-corrected chi connectivity index (χ2v) is 3.68. The van der Waals surface area contributed by atoms with Crippen LogP contribution in [0.5, 0.6) is 0 Å². The van der Waals surface area contributed by atoms with E-state index in [4.69, 9.17) is 0 Å². The maximum absolute atomic E-state index is 12.3. The van der Waals surface area contributed by atoms with Crippen LogP contribution in [0, 0.1) is 5.41 Å². The lowest BCUT2D eigenvalue weighted by molar-refractivity contribution is -0.0903. The van der Waals surface area contributed by atoms with Crippen molar-refractivity contribution in [2.75, 3.05) is 20.1 Å². The van der Waals surface area contributed by atoms with Crippen LogP contribution in [0.1, 0.15) is 12.8 Å². The van der Waals surface area contributed by atoms with E-state index in [0.29, 0.717) is 5.41 Å². The molecule has 1 aliphatic carbocycles. The van der Waals surface area contributed by atoms with Crippen LogP contribution in [0.3, 0.4) is 0 Å². The van der Waals surface area contributed by atoms with Gasteiger partial charge in [0, 0.05) is 18.5 Å². The lowest BCUT2D eigenvalue weighted by atomic mass is 9.63. The number of halogens is 1. The highest BCUT2D eigenvalue weighted by atomic mass is 19.1. The van der Waals surface area contributed by atoms with E-state index in [1.807, 2.05) is 0 Å². The minimum absolute atomic E-state index is 0.439. The lowest BCUT2D eigenvalue weighted by Gasteiger charge is -2.56. The molecule has 0 aromatic carbocycles. The second-order valence-electron chi connectivity index (χ2n) is 3.68. The molecule has 1 saturated heterocycles. The number of hydrogen-bond donors (Lipinski definition) is 0. The molecule has 0 atom stereocenters. The summed E-state index contributed by atoms with van der Waals surface area (Å²) in [5.74, 6) is 0. The predicted molar refractivity (Wildman–Crippen MR) is 34.1 cm³/mol. The summed E-state index contributed by atoms with van der Waals surface area (Å²) in [6.07, 6.45) is 1.19. The van der Waals surface area contributed by atoms with Crippen molar-refractivity contribution in [2.24, 2.45) is 5.41 Å². The minimum Gasteiger partial charge on any atom is -0.305 e. The van der Waals surface area contributed by atoms with E-state index in [0.717, 1.165) is 25.9 Å². The fourth-order valence-electron chi connectivity index (χ4n) is 2.24. The lowest BCUT2D eigenvalue weighted by Crippen LogP contribution is -2.61. The molecule has 2 aliphatic rings. The largest absolute Gasteiger partial charge is 0.305 e. The Labute approximate surface area is 54.8 Å². The van der Waals surface area contributed by atoms with Crippen molar-refractivity contribution in [2.45, 2.75) is 19.0 Å². The smallest absolute Gasteiger partial charge is 0.101 e. The molecule has 0 N–H and O–H groups in total. The van der Waals surface area contributed by atoms with E-state index in [-0.39, 0.29) is 0 Å². The summed E-state index contributed by atoms with van der Waals surface area (Å²) in [7, 11) is 2.09. The number of hydrogen-bond acceptors (Lipinski definition) is 1. The van der Waals surface area contributed by atoms with Crippen molar-refractivity contribution < 1.29 is 4.39 Å². The van der Waals surface area contributed by atoms with E-state index in [9.17, 15) is 4.39 Å². The van der Waals surface area contributed by atoms with Gasteiger partial charge in [0.15, 0.2) is 0 Å². The number of rotatable bonds is 0. The normalized spacial score (nSPS) is 34.0. The topological polar surface area (TPSA) is 3.24 Å². The first-order valence-corrected chi connectivity index (χ1v) is 3.53. The highest BCUT2D eigenvalue weighted by Crippen LogP contribution is 2.48. The molecule has 1 spiro atoms. The molecular formula is C7H12FN. The standard InChI is InChI=1S/C7H12FN/c1-9-4-7(5-9)2-6(8)3-7/h6H,2-5H2,1H3. The molecule has 0 amide bonds. The van der Waals surface area contributed by atoms with Gasteiger partial charge in [-0.2, -0.15) is 0 Å². The Kier molecular flexibility index (Phi) is 0.933. The summed E-state index contributed by atoms with van der Waals surface area (Å²) in [4.78, 5) is 2.26. The summed E-state index contributed by atoms with van der Waals surface area (Å²) in [6, 6.07) is 0. The van der Waals surface area contributed by atoms with Gasteiger partial charge in [-0.25, -0.2) is 4.39 Å². The third kappa shape index (κ3) is 0.692. The molecule has 0 unspecified atom stereocenters. The molecule has 0 aromatic heterocycles. The second kappa shape index (κ2) is 1.48. The van der Waals surface area contributed by atoms with Gasteiger partial charge in [0.1, 0.15) is 6.17 Å². The summed E-state index contributed by atoms with van der Waals surface area (Å²) >= 11 is 0. The maximum atomic E-state index is 12.3. The van der Waals surface area contributed by atoms with Gasteiger partial charge >= 0.3 is 0 Å². The molecule has 0 radical (unpaired) electrons. The Morgan fingerprint density at radius 3 is 2.33 bits per heavy atom. The Bertz CT molecular complexity index is 103. The summed E-state index contributed by atoms with van der Waals surface area (Å²) in [5.41, 5.74) is 0.439. The average Bonchev–Trinajstić information content (AvgIpc) is 1.58.